The predicted octanol–water partition coefficient (Wildman–Crippen LogP) is 6.29. The Kier molecular flexibility index (Phi) is 7.01. The van der Waals surface area contributed by atoms with E-state index in [1.165, 1.54) is 55.2 Å². The number of rotatable bonds is 6. The first-order chi connectivity index (χ1) is 15.9. The van der Waals surface area contributed by atoms with Crippen molar-refractivity contribution in [3.63, 3.8) is 0 Å². The monoisotopic (exact) mass is 424 g/mol. The molecule has 0 amide bonds. The van der Waals surface area contributed by atoms with Gasteiger partial charge in [0.1, 0.15) is 0 Å². The first kappa shape index (κ1) is 21.4. The second kappa shape index (κ2) is 10.5. The zero-order chi connectivity index (χ0) is 21.6. The smallest absolute Gasteiger partial charge is 0.0333 e. The molecule has 1 aliphatic heterocycles. The molecule has 32 heavy (non-hydrogen) atoms. The van der Waals surface area contributed by atoms with Crippen LogP contribution in [0.1, 0.15) is 61.1 Å². The van der Waals surface area contributed by atoms with Crippen LogP contribution in [0.2, 0.25) is 0 Å². The second-order valence-electron chi connectivity index (χ2n) is 9.78. The molecule has 2 aliphatic rings. The quantitative estimate of drug-likeness (QED) is 0.486. The molecule has 5 rings (SSSR count). The lowest BCUT2D eigenvalue weighted by atomic mass is 9.79. The van der Waals surface area contributed by atoms with Gasteiger partial charge in [0.25, 0.3) is 0 Å². The molecular formula is C30H36N2. The number of benzene rings is 3. The minimum atomic E-state index is 0.339. The fourth-order valence-corrected chi connectivity index (χ4v) is 6.03. The van der Waals surface area contributed by atoms with Crippen LogP contribution in [0.25, 0.3) is 0 Å². The van der Waals surface area contributed by atoms with E-state index in [2.05, 4.69) is 102 Å². The van der Waals surface area contributed by atoms with Crippen LogP contribution in [0, 0.1) is 5.92 Å². The first-order valence-electron chi connectivity index (χ1n) is 12.5. The summed E-state index contributed by atoms with van der Waals surface area (Å²) in [6.45, 7) is 0.928. The van der Waals surface area contributed by atoms with Gasteiger partial charge in [-0.2, -0.15) is 0 Å². The minimum absolute atomic E-state index is 0.339. The van der Waals surface area contributed by atoms with Gasteiger partial charge < -0.3 is 10.6 Å². The van der Waals surface area contributed by atoms with Gasteiger partial charge in [-0.1, -0.05) is 110 Å². The number of hydrogen-bond donors (Lipinski definition) is 2. The summed E-state index contributed by atoms with van der Waals surface area (Å²) in [5, 5.41) is 8.23. The largest absolute Gasteiger partial charge is 0.309 e. The standard InChI is InChI=1S/C30H36N2/c1-4-12-23(13-5-1)22-31-28-21-24-14-10-11-19-27(20-24)32-30(28)29(25-15-6-2-7-16-25)26-17-8-3-9-18-26/h1-9,12-13,15-18,24,27-32H,10-11,14,19-22H2. The number of hydrogen-bond acceptors (Lipinski definition) is 2. The summed E-state index contributed by atoms with van der Waals surface area (Å²) in [6, 6.07) is 34.6. The summed E-state index contributed by atoms with van der Waals surface area (Å²) < 4.78 is 0. The molecule has 4 atom stereocenters. The van der Waals surface area contributed by atoms with E-state index in [0.717, 1.165) is 12.5 Å². The fourth-order valence-electron chi connectivity index (χ4n) is 6.03. The Morgan fingerprint density at radius 3 is 1.97 bits per heavy atom. The molecule has 2 fully saturated rings. The SMILES string of the molecule is c1ccc(CNC2CC3CCCCC(C3)NC2C(c2ccccc2)c2ccccc2)cc1. The molecule has 0 spiro atoms. The van der Waals surface area contributed by atoms with Gasteiger partial charge in [0.2, 0.25) is 0 Å². The maximum Gasteiger partial charge on any atom is 0.0333 e. The molecule has 1 saturated heterocycles. The maximum atomic E-state index is 4.21. The third-order valence-electron chi connectivity index (χ3n) is 7.57. The summed E-state index contributed by atoms with van der Waals surface area (Å²) >= 11 is 0. The lowest BCUT2D eigenvalue weighted by Crippen LogP contribution is -2.52. The minimum Gasteiger partial charge on any atom is -0.309 e. The van der Waals surface area contributed by atoms with Crippen molar-refractivity contribution in [1.29, 1.82) is 0 Å². The highest BCUT2D eigenvalue weighted by atomic mass is 15.1. The zero-order valence-corrected chi connectivity index (χ0v) is 19.0. The summed E-state index contributed by atoms with van der Waals surface area (Å²) in [6.07, 6.45) is 8.04. The van der Waals surface area contributed by atoms with Crippen molar-refractivity contribution in [3.05, 3.63) is 108 Å². The summed E-state index contributed by atoms with van der Waals surface area (Å²) in [7, 11) is 0. The fraction of sp³-hybridized carbons (Fsp3) is 0.400. The normalized spacial score (nSPS) is 25.8. The molecule has 4 unspecified atom stereocenters. The van der Waals surface area contributed by atoms with Gasteiger partial charge >= 0.3 is 0 Å². The first-order valence-corrected chi connectivity index (χ1v) is 12.5. The predicted molar refractivity (Wildman–Crippen MR) is 134 cm³/mol. The number of fused-ring (bicyclic) bond motifs is 2. The summed E-state index contributed by atoms with van der Waals surface area (Å²) in [5.41, 5.74) is 4.20. The van der Waals surface area contributed by atoms with E-state index in [0.29, 0.717) is 24.0 Å². The average Bonchev–Trinajstić information content (AvgIpc) is 3.18. The van der Waals surface area contributed by atoms with Crippen molar-refractivity contribution in [3.8, 4) is 0 Å². The van der Waals surface area contributed by atoms with E-state index in [1.807, 2.05) is 0 Å². The molecule has 2 heteroatoms. The molecule has 3 aromatic carbocycles. The van der Waals surface area contributed by atoms with Crippen molar-refractivity contribution in [2.24, 2.45) is 5.92 Å². The Balaban J connectivity index is 1.50. The van der Waals surface area contributed by atoms with Crippen LogP contribution in [0.15, 0.2) is 91.0 Å². The van der Waals surface area contributed by atoms with Crippen LogP contribution in [-0.4, -0.2) is 18.1 Å². The molecule has 2 bridgehead atoms. The molecular weight excluding hydrogens is 388 g/mol. The molecule has 1 aliphatic carbocycles. The molecule has 3 aromatic rings. The van der Waals surface area contributed by atoms with E-state index >= 15 is 0 Å². The van der Waals surface area contributed by atoms with Gasteiger partial charge in [-0.05, 0) is 41.9 Å². The molecule has 2 nitrogen and oxygen atoms in total. The Hall–Kier alpha value is -2.42. The Morgan fingerprint density at radius 2 is 1.31 bits per heavy atom. The average molecular weight is 425 g/mol. The lowest BCUT2D eigenvalue weighted by molar-refractivity contribution is 0.304. The van der Waals surface area contributed by atoms with Gasteiger partial charge in [-0.3, -0.25) is 0 Å². The van der Waals surface area contributed by atoms with Crippen LogP contribution in [0.5, 0.6) is 0 Å². The van der Waals surface area contributed by atoms with Crippen LogP contribution in [0.3, 0.4) is 0 Å². The van der Waals surface area contributed by atoms with Gasteiger partial charge in [-0.15, -0.1) is 0 Å². The van der Waals surface area contributed by atoms with Crippen LogP contribution < -0.4 is 10.6 Å². The van der Waals surface area contributed by atoms with Crippen molar-refractivity contribution < 1.29 is 0 Å². The van der Waals surface area contributed by atoms with Gasteiger partial charge in [-0.25, -0.2) is 0 Å². The molecule has 166 valence electrons. The highest BCUT2D eigenvalue weighted by Crippen LogP contribution is 2.37. The lowest BCUT2D eigenvalue weighted by Gasteiger charge is -2.37. The molecule has 1 saturated carbocycles. The third-order valence-corrected chi connectivity index (χ3v) is 7.57. The van der Waals surface area contributed by atoms with E-state index in [9.17, 15) is 0 Å². The van der Waals surface area contributed by atoms with E-state index in [4.69, 9.17) is 0 Å². The van der Waals surface area contributed by atoms with Crippen LogP contribution in [0.4, 0.5) is 0 Å². The highest BCUT2D eigenvalue weighted by Gasteiger charge is 2.38. The van der Waals surface area contributed by atoms with E-state index in [-0.39, 0.29) is 0 Å². The zero-order valence-electron chi connectivity index (χ0n) is 19.0. The second-order valence-corrected chi connectivity index (χ2v) is 9.78. The van der Waals surface area contributed by atoms with Crippen LogP contribution >= 0.6 is 0 Å². The van der Waals surface area contributed by atoms with Crippen molar-refractivity contribution in [2.75, 3.05) is 0 Å². The summed E-state index contributed by atoms with van der Waals surface area (Å²) in [4.78, 5) is 0. The van der Waals surface area contributed by atoms with E-state index < -0.39 is 0 Å². The molecule has 0 aromatic heterocycles. The highest BCUT2D eigenvalue weighted by molar-refractivity contribution is 5.35. The Labute approximate surface area is 193 Å². The Morgan fingerprint density at radius 1 is 0.719 bits per heavy atom. The topological polar surface area (TPSA) is 24.1 Å². The maximum absolute atomic E-state index is 4.21. The third kappa shape index (κ3) is 5.14. The molecule has 0 radical (unpaired) electrons. The van der Waals surface area contributed by atoms with Crippen molar-refractivity contribution in [2.45, 2.75) is 69.1 Å². The number of nitrogens with one attached hydrogen (secondary N) is 2. The summed E-state index contributed by atoms with van der Waals surface area (Å²) in [5.74, 6) is 1.16. The van der Waals surface area contributed by atoms with Crippen molar-refractivity contribution >= 4 is 0 Å². The molecule has 1 heterocycles. The van der Waals surface area contributed by atoms with Crippen LogP contribution in [-0.2, 0) is 6.54 Å². The van der Waals surface area contributed by atoms with Gasteiger partial charge in [0, 0.05) is 30.6 Å². The van der Waals surface area contributed by atoms with E-state index in [1.54, 1.807) is 0 Å². The molecule has 2 N–H and O–H groups in total. The Bertz CT molecular complexity index is 901. The van der Waals surface area contributed by atoms with Gasteiger partial charge in [0.15, 0.2) is 0 Å². The van der Waals surface area contributed by atoms with Gasteiger partial charge in [0.05, 0.1) is 0 Å². The van der Waals surface area contributed by atoms with Crippen molar-refractivity contribution in [1.82, 2.24) is 10.6 Å².